The Hall–Kier alpha value is -2.05. The van der Waals surface area contributed by atoms with Gasteiger partial charge < -0.3 is 15.5 Å². The topological polar surface area (TPSA) is 85.1 Å². The molecule has 1 aromatic carbocycles. The molecule has 0 saturated heterocycles. The zero-order chi connectivity index (χ0) is 14.8. The summed E-state index contributed by atoms with van der Waals surface area (Å²) in [5.74, 6) is 8.62. The summed E-state index contributed by atoms with van der Waals surface area (Å²) >= 11 is 6.12. The zero-order valence-electron chi connectivity index (χ0n) is 11.6. The van der Waals surface area contributed by atoms with E-state index in [4.69, 9.17) is 22.2 Å². The lowest BCUT2D eigenvalue weighted by Gasteiger charge is -2.11. The number of hydrogen-bond acceptors (Lipinski definition) is 6. The maximum Gasteiger partial charge on any atom is 0.145 e. The van der Waals surface area contributed by atoms with E-state index in [1.54, 1.807) is 25.3 Å². The van der Waals surface area contributed by atoms with Gasteiger partial charge in [0.25, 0.3) is 0 Å². The number of nitrogens with zero attached hydrogens (tertiary/aromatic N) is 2. The highest BCUT2D eigenvalue weighted by Gasteiger charge is 2.27. The Morgan fingerprint density at radius 3 is 2.62 bits per heavy atom. The van der Waals surface area contributed by atoms with E-state index < -0.39 is 0 Å². The van der Waals surface area contributed by atoms with Gasteiger partial charge in [0.05, 0.1) is 12.1 Å². The molecule has 4 N–H and O–H groups in total. The van der Waals surface area contributed by atoms with Crippen LogP contribution in [0.1, 0.15) is 24.6 Å². The quantitative estimate of drug-likeness (QED) is 0.581. The molecule has 1 aliphatic rings. The van der Waals surface area contributed by atoms with Crippen LogP contribution in [-0.2, 0) is 0 Å². The maximum absolute atomic E-state index is 6.12. The highest BCUT2D eigenvalue weighted by atomic mass is 35.5. The summed E-state index contributed by atoms with van der Waals surface area (Å²) < 4.78 is 5.13. The molecule has 0 atom stereocenters. The van der Waals surface area contributed by atoms with Gasteiger partial charge in [-0.1, -0.05) is 11.6 Å². The molecule has 1 saturated carbocycles. The number of nitrogen functional groups attached to an aromatic ring is 1. The SMILES string of the molecule is COc1ccc(Nc2cc(NN)nc(C3CC3)n2)cc1Cl. The third-order valence-corrected chi connectivity index (χ3v) is 3.55. The minimum absolute atomic E-state index is 0.443. The molecule has 0 bridgehead atoms. The van der Waals surface area contributed by atoms with Gasteiger partial charge >= 0.3 is 0 Å². The first-order valence-corrected chi connectivity index (χ1v) is 7.03. The summed E-state index contributed by atoms with van der Waals surface area (Å²) in [6.45, 7) is 0. The van der Waals surface area contributed by atoms with E-state index in [1.807, 2.05) is 6.07 Å². The van der Waals surface area contributed by atoms with Gasteiger partial charge in [-0.05, 0) is 31.0 Å². The molecule has 3 rings (SSSR count). The lowest BCUT2D eigenvalue weighted by molar-refractivity contribution is 0.415. The number of benzene rings is 1. The van der Waals surface area contributed by atoms with E-state index in [1.165, 1.54) is 0 Å². The van der Waals surface area contributed by atoms with Crippen molar-refractivity contribution in [3.8, 4) is 5.75 Å². The van der Waals surface area contributed by atoms with Crippen molar-refractivity contribution in [3.05, 3.63) is 35.1 Å². The first kappa shape index (κ1) is 13.9. The molecule has 0 unspecified atom stereocenters. The average Bonchev–Trinajstić information content (AvgIpc) is 3.32. The Bertz CT molecular complexity index is 660. The summed E-state index contributed by atoms with van der Waals surface area (Å²) in [4.78, 5) is 8.89. The van der Waals surface area contributed by atoms with Crippen molar-refractivity contribution in [2.24, 2.45) is 5.84 Å². The summed E-state index contributed by atoms with van der Waals surface area (Å²) in [5, 5.41) is 3.75. The van der Waals surface area contributed by atoms with Crippen molar-refractivity contribution in [1.82, 2.24) is 9.97 Å². The van der Waals surface area contributed by atoms with Crippen molar-refractivity contribution in [1.29, 1.82) is 0 Å². The predicted molar refractivity (Wildman–Crippen MR) is 83.1 cm³/mol. The standard InChI is InChI=1S/C14H16ClN5O/c1-21-11-5-4-9(6-10(11)15)17-12-7-13(20-16)19-14(18-12)8-2-3-8/h4-8H,2-3,16H2,1H3,(H2,17,18,19,20). The predicted octanol–water partition coefficient (Wildman–Crippen LogP) is 3.05. The van der Waals surface area contributed by atoms with Crippen LogP contribution >= 0.6 is 11.6 Å². The lowest BCUT2D eigenvalue weighted by atomic mass is 10.3. The second kappa shape index (κ2) is 5.75. The van der Waals surface area contributed by atoms with E-state index in [0.29, 0.717) is 28.3 Å². The van der Waals surface area contributed by atoms with Gasteiger partial charge in [-0.3, -0.25) is 0 Å². The fourth-order valence-electron chi connectivity index (χ4n) is 2.02. The number of anilines is 3. The van der Waals surface area contributed by atoms with Crippen molar-refractivity contribution in [3.63, 3.8) is 0 Å². The highest BCUT2D eigenvalue weighted by molar-refractivity contribution is 6.32. The molecule has 21 heavy (non-hydrogen) atoms. The molecule has 0 spiro atoms. The molecule has 110 valence electrons. The molecule has 0 radical (unpaired) electrons. The van der Waals surface area contributed by atoms with Crippen LogP contribution < -0.4 is 21.3 Å². The smallest absolute Gasteiger partial charge is 0.145 e. The summed E-state index contributed by atoms with van der Waals surface area (Å²) in [6.07, 6.45) is 2.25. The minimum Gasteiger partial charge on any atom is -0.495 e. The van der Waals surface area contributed by atoms with Crippen molar-refractivity contribution in [2.75, 3.05) is 17.9 Å². The van der Waals surface area contributed by atoms with E-state index in [9.17, 15) is 0 Å². The highest BCUT2D eigenvalue weighted by Crippen LogP contribution is 2.39. The summed E-state index contributed by atoms with van der Waals surface area (Å²) in [6, 6.07) is 7.22. The van der Waals surface area contributed by atoms with E-state index >= 15 is 0 Å². The fourth-order valence-corrected chi connectivity index (χ4v) is 2.28. The third-order valence-electron chi connectivity index (χ3n) is 3.26. The molecule has 1 aliphatic carbocycles. The Labute approximate surface area is 127 Å². The van der Waals surface area contributed by atoms with Gasteiger partial charge in [-0.2, -0.15) is 0 Å². The molecule has 7 heteroatoms. The van der Waals surface area contributed by atoms with Crippen molar-refractivity contribution >= 4 is 28.9 Å². The number of nitrogens with two attached hydrogens (primary N) is 1. The first-order valence-electron chi connectivity index (χ1n) is 6.66. The molecule has 1 heterocycles. The van der Waals surface area contributed by atoms with Crippen molar-refractivity contribution in [2.45, 2.75) is 18.8 Å². The molecular weight excluding hydrogens is 290 g/mol. The van der Waals surface area contributed by atoms with Crippen LogP contribution in [-0.4, -0.2) is 17.1 Å². The molecular formula is C14H16ClN5O. The van der Waals surface area contributed by atoms with E-state index in [0.717, 1.165) is 24.4 Å². The second-order valence-electron chi connectivity index (χ2n) is 4.89. The third kappa shape index (κ3) is 3.17. The molecule has 0 aliphatic heterocycles. The number of halogens is 1. The van der Waals surface area contributed by atoms with Crippen molar-refractivity contribution < 1.29 is 4.74 Å². The number of ether oxygens (including phenoxy) is 1. The molecule has 1 aromatic heterocycles. The zero-order valence-corrected chi connectivity index (χ0v) is 12.3. The Balaban J connectivity index is 1.86. The molecule has 0 amide bonds. The van der Waals surface area contributed by atoms with Crippen LogP contribution in [0.4, 0.5) is 17.3 Å². The van der Waals surface area contributed by atoms with E-state index in [-0.39, 0.29) is 0 Å². The Kier molecular flexibility index (Phi) is 3.81. The number of aromatic nitrogens is 2. The van der Waals surface area contributed by atoms with Crippen LogP contribution in [0.3, 0.4) is 0 Å². The lowest BCUT2D eigenvalue weighted by Crippen LogP contribution is -2.11. The number of rotatable bonds is 5. The van der Waals surface area contributed by atoms with Gasteiger partial charge in [0.15, 0.2) is 0 Å². The van der Waals surface area contributed by atoms with Crippen LogP contribution in [0.5, 0.6) is 5.75 Å². The van der Waals surface area contributed by atoms with Gasteiger partial charge in [0.1, 0.15) is 23.2 Å². The minimum atomic E-state index is 0.443. The monoisotopic (exact) mass is 305 g/mol. The maximum atomic E-state index is 6.12. The molecule has 2 aromatic rings. The Morgan fingerprint density at radius 1 is 1.24 bits per heavy atom. The van der Waals surface area contributed by atoms with Crippen LogP contribution in [0.15, 0.2) is 24.3 Å². The molecule has 1 fully saturated rings. The normalized spacial score (nSPS) is 13.9. The van der Waals surface area contributed by atoms with Gasteiger partial charge in [0.2, 0.25) is 0 Å². The number of hydrazine groups is 1. The van der Waals surface area contributed by atoms with Crippen LogP contribution in [0.2, 0.25) is 5.02 Å². The largest absolute Gasteiger partial charge is 0.495 e. The van der Waals surface area contributed by atoms with Crippen LogP contribution in [0.25, 0.3) is 0 Å². The van der Waals surface area contributed by atoms with E-state index in [2.05, 4.69) is 20.7 Å². The number of hydrogen-bond donors (Lipinski definition) is 3. The first-order chi connectivity index (χ1) is 10.2. The second-order valence-corrected chi connectivity index (χ2v) is 5.30. The van der Waals surface area contributed by atoms with Gasteiger partial charge in [0, 0.05) is 17.7 Å². The number of nitrogens with one attached hydrogen (secondary N) is 2. The average molecular weight is 306 g/mol. The fraction of sp³-hybridized carbons (Fsp3) is 0.286. The summed E-state index contributed by atoms with van der Waals surface area (Å²) in [7, 11) is 1.58. The van der Waals surface area contributed by atoms with Gasteiger partial charge in [-0.25, -0.2) is 15.8 Å². The number of methoxy groups -OCH3 is 1. The Morgan fingerprint density at radius 2 is 2.00 bits per heavy atom. The molecule has 6 nitrogen and oxygen atoms in total. The summed E-state index contributed by atoms with van der Waals surface area (Å²) in [5.41, 5.74) is 3.39. The van der Waals surface area contributed by atoms with Crippen LogP contribution in [0, 0.1) is 0 Å². The van der Waals surface area contributed by atoms with Gasteiger partial charge in [-0.15, -0.1) is 0 Å².